The van der Waals surface area contributed by atoms with Crippen LogP contribution in [0.1, 0.15) is 49.2 Å². The van der Waals surface area contributed by atoms with Crippen molar-refractivity contribution in [1.29, 1.82) is 0 Å². The van der Waals surface area contributed by atoms with Crippen LogP contribution < -0.4 is 9.47 Å². The van der Waals surface area contributed by atoms with Crippen LogP contribution in [0.2, 0.25) is 0 Å². The molecule has 2 aromatic rings. The molecule has 2 heterocycles. The van der Waals surface area contributed by atoms with Gasteiger partial charge in [-0.1, -0.05) is 6.07 Å². The van der Waals surface area contributed by atoms with Gasteiger partial charge < -0.3 is 9.47 Å². The molecule has 0 unspecified atom stereocenters. The van der Waals surface area contributed by atoms with Crippen LogP contribution in [0.5, 0.6) is 11.5 Å². The van der Waals surface area contributed by atoms with E-state index in [0.29, 0.717) is 12.1 Å². The summed E-state index contributed by atoms with van der Waals surface area (Å²) in [4.78, 5) is 2.45. The molecule has 2 aliphatic rings. The second-order valence-corrected chi connectivity index (χ2v) is 6.51. The first-order valence-electron chi connectivity index (χ1n) is 8.53. The van der Waals surface area contributed by atoms with E-state index in [2.05, 4.69) is 26.5 Å². The Kier molecular flexibility index (Phi) is 4.10. The highest BCUT2D eigenvalue weighted by Gasteiger charge is 2.32. The van der Waals surface area contributed by atoms with E-state index in [9.17, 15) is 0 Å². The van der Waals surface area contributed by atoms with Crippen molar-refractivity contribution >= 4 is 0 Å². The molecule has 7 nitrogen and oxygen atoms in total. The third kappa shape index (κ3) is 2.84. The SMILES string of the molecule is COc1ccc([C@@H]2CCCN2Cc2nnnn2C2CC2)c(OC)c1. The van der Waals surface area contributed by atoms with Crippen LogP contribution in [-0.4, -0.2) is 45.9 Å². The summed E-state index contributed by atoms with van der Waals surface area (Å²) in [6.45, 7) is 1.83. The van der Waals surface area contributed by atoms with Crippen molar-refractivity contribution in [2.24, 2.45) is 0 Å². The molecule has 0 radical (unpaired) electrons. The van der Waals surface area contributed by atoms with E-state index in [1.807, 2.05) is 16.8 Å². The third-order valence-corrected chi connectivity index (χ3v) is 4.96. The largest absolute Gasteiger partial charge is 0.497 e. The number of likely N-dealkylation sites (tertiary alicyclic amines) is 1. The van der Waals surface area contributed by atoms with E-state index in [4.69, 9.17) is 9.47 Å². The lowest BCUT2D eigenvalue weighted by Gasteiger charge is -2.25. The van der Waals surface area contributed by atoms with Crippen molar-refractivity contribution in [2.75, 3.05) is 20.8 Å². The molecule has 1 aliphatic carbocycles. The van der Waals surface area contributed by atoms with Gasteiger partial charge in [0.15, 0.2) is 5.82 Å². The van der Waals surface area contributed by atoms with E-state index >= 15 is 0 Å². The van der Waals surface area contributed by atoms with Gasteiger partial charge in [-0.25, -0.2) is 4.68 Å². The molecule has 0 amide bonds. The summed E-state index contributed by atoms with van der Waals surface area (Å²) in [6.07, 6.45) is 4.67. The second-order valence-electron chi connectivity index (χ2n) is 6.51. The van der Waals surface area contributed by atoms with E-state index in [1.165, 1.54) is 24.8 Å². The number of tetrazole rings is 1. The Bertz CT molecular complexity index is 713. The van der Waals surface area contributed by atoms with E-state index < -0.39 is 0 Å². The second kappa shape index (κ2) is 6.39. The van der Waals surface area contributed by atoms with Crippen molar-refractivity contribution in [1.82, 2.24) is 25.1 Å². The van der Waals surface area contributed by atoms with E-state index in [1.54, 1.807) is 14.2 Å². The molecule has 0 N–H and O–H groups in total. The third-order valence-electron chi connectivity index (χ3n) is 4.96. The van der Waals surface area contributed by atoms with Crippen molar-refractivity contribution in [2.45, 2.75) is 44.3 Å². The van der Waals surface area contributed by atoms with Crippen molar-refractivity contribution < 1.29 is 9.47 Å². The average Bonchev–Trinajstić information content (AvgIpc) is 3.18. The molecule has 2 fully saturated rings. The minimum Gasteiger partial charge on any atom is -0.497 e. The van der Waals surface area contributed by atoms with Crippen LogP contribution >= 0.6 is 0 Å². The monoisotopic (exact) mass is 329 g/mol. The van der Waals surface area contributed by atoms with Crippen molar-refractivity contribution in [3.05, 3.63) is 29.6 Å². The Morgan fingerprint density at radius 1 is 1.17 bits per heavy atom. The minimum absolute atomic E-state index is 0.329. The summed E-state index contributed by atoms with van der Waals surface area (Å²) >= 11 is 0. The highest BCUT2D eigenvalue weighted by atomic mass is 16.5. The summed E-state index contributed by atoms with van der Waals surface area (Å²) < 4.78 is 12.9. The Morgan fingerprint density at radius 3 is 2.79 bits per heavy atom. The zero-order chi connectivity index (χ0) is 16.5. The Labute approximate surface area is 141 Å². The van der Waals surface area contributed by atoms with Gasteiger partial charge in [0, 0.05) is 17.7 Å². The zero-order valence-electron chi connectivity index (χ0n) is 14.2. The lowest BCUT2D eigenvalue weighted by molar-refractivity contribution is 0.232. The Morgan fingerprint density at radius 2 is 2.04 bits per heavy atom. The molecular formula is C17H23N5O2. The van der Waals surface area contributed by atoms with Gasteiger partial charge in [0.1, 0.15) is 11.5 Å². The molecule has 1 aliphatic heterocycles. The number of hydrogen-bond donors (Lipinski definition) is 0. The average molecular weight is 329 g/mol. The summed E-state index contributed by atoms with van der Waals surface area (Å²) in [5.74, 6) is 2.67. The van der Waals surface area contributed by atoms with Gasteiger partial charge in [0.25, 0.3) is 0 Å². The first-order chi connectivity index (χ1) is 11.8. The molecule has 0 spiro atoms. The zero-order valence-corrected chi connectivity index (χ0v) is 14.2. The normalized spacial score (nSPS) is 21.2. The maximum absolute atomic E-state index is 5.60. The van der Waals surface area contributed by atoms with Crippen molar-refractivity contribution in [3.8, 4) is 11.5 Å². The number of benzene rings is 1. The fraction of sp³-hybridized carbons (Fsp3) is 0.588. The molecule has 7 heteroatoms. The number of nitrogens with zero attached hydrogens (tertiary/aromatic N) is 5. The molecule has 1 aromatic carbocycles. The topological polar surface area (TPSA) is 65.3 Å². The van der Waals surface area contributed by atoms with Crippen LogP contribution in [0.25, 0.3) is 0 Å². The number of hydrogen-bond acceptors (Lipinski definition) is 6. The molecular weight excluding hydrogens is 306 g/mol. The number of aromatic nitrogens is 4. The standard InChI is InChI=1S/C17H23N5O2/c1-23-13-7-8-14(16(10-13)24-2)15-4-3-9-21(15)11-17-18-19-20-22(17)12-5-6-12/h7-8,10,12,15H,3-6,9,11H2,1-2H3/t15-/m0/s1. The van der Waals surface area contributed by atoms with Gasteiger partial charge in [0.05, 0.1) is 26.8 Å². The first kappa shape index (κ1) is 15.4. The first-order valence-corrected chi connectivity index (χ1v) is 8.53. The van der Waals surface area contributed by atoms with Crippen LogP contribution in [-0.2, 0) is 6.54 Å². The molecule has 1 atom stereocenters. The Hall–Kier alpha value is -2.15. The summed E-state index contributed by atoms with van der Waals surface area (Å²) in [6, 6.07) is 6.91. The predicted molar refractivity (Wildman–Crippen MR) is 88.0 cm³/mol. The van der Waals surface area contributed by atoms with E-state index in [-0.39, 0.29) is 0 Å². The quantitative estimate of drug-likeness (QED) is 0.810. The van der Waals surface area contributed by atoms with Gasteiger partial charge in [0.2, 0.25) is 0 Å². The van der Waals surface area contributed by atoms with Gasteiger partial charge in [-0.2, -0.15) is 0 Å². The smallest absolute Gasteiger partial charge is 0.165 e. The number of methoxy groups -OCH3 is 2. The molecule has 0 bridgehead atoms. The molecule has 1 saturated carbocycles. The number of rotatable bonds is 6. The molecule has 4 rings (SSSR count). The summed E-state index contributed by atoms with van der Waals surface area (Å²) in [5, 5.41) is 12.3. The predicted octanol–water partition coefficient (Wildman–Crippen LogP) is 2.36. The highest BCUT2D eigenvalue weighted by Crippen LogP contribution is 2.40. The van der Waals surface area contributed by atoms with Gasteiger partial charge in [-0.05, 0) is 48.7 Å². The highest BCUT2D eigenvalue weighted by molar-refractivity contribution is 5.42. The minimum atomic E-state index is 0.329. The maximum Gasteiger partial charge on any atom is 0.165 e. The van der Waals surface area contributed by atoms with Crippen LogP contribution in [0, 0.1) is 0 Å². The number of ether oxygens (including phenoxy) is 2. The molecule has 1 saturated heterocycles. The Balaban J connectivity index is 1.57. The lowest BCUT2D eigenvalue weighted by atomic mass is 10.0. The fourth-order valence-electron chi connectivity index (χ4n) is 3.56. The fourth-order valence-corrected chi connectivity index (χ4v) is 3.56. The lowest BCUT2D eigenvalue weighted by Crippen LogP contribution is -2.25. The van der Waals surface area contributed by atoms with Crippen LogP contribution in [0.15, 0.2) is 18.2 Å². The maximum atomic E-state index is 5.60. The molecule has 128 valence electrons. The van der Waals surface area contributed by atoms with Crippen LogP contribution in [0.4, 0.5) is 0 Å². The van der Waals surface area contributed by atoms with Crippen LogP contribution in [0.3, 0.4) is 0 Å². The molecule has 24 heavy (non-hydrogen) atoms. The van der Waals surface area contributed by atoms with Crippen molar-refractivity contribution in [3.63, 3.8) is 0 Å². The summed E-state index contributed by atoms with van der Waals surface area (Å²) in [7, 11) is 3.39. The van der Waals surface area contributed by atoms with Gasteiger partial charge >= 0.3 is 0 Å². The summed E-state index contributed by atoms with van der Waals surface area (Å²) in [5.41, 5.74) is 1.21. The van der Waals surface area contributed by atoms with E-state index in [0.717, 1.165) is 36.8 Å². The van der Waals surface area contributed by atoms with Gasteiger partial charge in [-0.3, -0.25) is 4.90 Å². The van der Waals surface area contributed by atoms with Gasteiger partial charge in [-0.15, -0.1) is 5.10 Å². The molecule has 1 aromatic heterocycles.